The molecule has 0 spiro atoms. The summed E-state index contributed by atoms with van der Waals surface area (Å²) in [4.78, 5) is 20.5. The fraction of sp³-hybridized carbons (Fsp3) is 0.379. The Labute approximate surface area is 225 Å². The molecule has 1 atom stereocenters. The van der Waals surface area contributed by atoms with Gasteiger partial charge in [-0.2, -0.15) is 0 Å². The van der Waals surface area contributed by atoms with Crippen molar-refractivity contribution in [2.45, 2.75) is 71.1 Å². The van der Waals surface area contributed by atoms with Crippen LogP contribution in [0.25, 0.3) is 10.9 Å². The smallest absolute Gasteiger partial charge is 0.253 e. The average molecular weight is 529 g/mol. The largest absolute Gasteiger partial charge is 0.468 e. The van der Waals surface area contributed by atoms with Crippen LogP contribution in [0.4, 0.5) is 0 Å². The van der Waals surface area contributed by atoms with Crippen molar-refractivity contribution in [3.63, 3.8) is 0 Å². The van der Waals surface area contributed by atoms with Crippen LogP contribution in [-0.2, 0) is 13.1 Å². The number of rotatable bonds is 8. The summed E-state index contributed by atoms with van der Waals surface area (Å²) in [5, 5.41) is 16.3. The minimum Gasteiger partial charge on any atom is -0.468 e. The summed E-state index contributed by atoms with van der Waals surface area (Å²) < 4.78 is 7.77. The van der Waals surface area contributed by atoms with E-state index in [1.54, 1.807) is 17.6 Å². The third-order valence-corrected chi connectivity index (χ3v) is 8.55. The molecular weight excluding hydrogens is 496 g/mol. The second-order valence-corrected chi connectivity index (χ2v) is 11.3. The van der Waals surface area contributed by atoms with Crippen molar-refractivity contribution < 1.29 is 4.42 Å². The first kappa shape index (κ1) is 24.8. The Morgan fingerprint density at radius 1 is 1.11 bits per heavy atom. The lowest BCUT2D eigenvalue weighted by atomic mass is 9.94. The summed E-state index contributed by atoms with van der Waals surface area (Å²) in [6.45, 7) is 5.25. The Kier molecular flexibility index (Phi) is 6.95. The van der Waals surface area contributed by atoms with E-state index in [0.717, 1.165) is 53.5 Å². The van der Waals surface area contributed by atoms with Gasteiger partial charge in [0.25, 0.3) is 5.56 Å². The highest BCUT2D eigenvalue weighted by atomic mass is 32.1. The molecule has 0 saturated heterocycles. The summed E-state index contributed by atoms with van der Waals surface area (Å²) in [5.41, 5.74) is 3.56. The maximum Gasteiger partial charge on any atom is 0.253 e. The molecule has 9 heteroatoms. The van der Waals surface area contributed by atoms with Crippen LogP contribution in [0.5, 0.6) is 0 Å². The molecule has 196 valence electrons. The average Bonchev–Trinajstić information content (AvgIpc) is 3.72. The van der Waals surface area contributed by atoms with Crippen molar-refractivity contribution in [2.24, 2.45) is 0 Å². The Balaban J connectivity index is 1.55. The van der Waals surface area contributed by atoms with Gasteiger partial charge in [0.1, 0.15) is 11.8 Å². The van der Waals surface area contributed by atoms with Crippen LogP contribution in [0.15, 0.2) is 63.3 Å². The zero-order valence-electron chi connectivity index (χ0n) is 21.8. The molecule has 0 bridgehead atoms. The monoisotopic (exact) mass is 528 g/mol. The van der Waals surface area contributed by atoms with Gasteiger partial charge < -0.3 is 9.40 Å². The van der Waals surface area contributed by atoms with E-state index in [1.807, 2.05) is 35.9 Å². The maximum absolute atomic E-state index is 13.8. The highest BCUT2D eigenvalue weighted by Gasteiger charge is 2.33. The number of thiophene rings is 1. The van der Waals surface area contributed by atoms with Gasteiger partial charge in [-0.05, 0) is 77.9 Å². The molecule has 0 radical (unpaired) electrons. The van der Waals surface area contributed by atoms with Crippen LogP contribution in [-0.4, -0.2) is 30.1 Å². The molecule has 8 nitrogen and oxygen atoms in total. The Hall–Kier alpha value is -3.56. The molecule has 0 unspecified atom stereocenters. The number of furan rings is 1. The quantitative estimate of drug-likeness (QED) is 0.262. The first-order valence-corrected chi connectivity index (χ1v) is 14.2. The number of tetrazole rings is 1. The first-order chi connectivity index (χ1) is 18.6. The number of hydrogen-bond donors (Lipinski definition) is 1. The molecule has 1 fully saturated rings. The molecule has 1 aliphatic carbocycles. The van der Waals surface area contributed by atoms with Crippen molar-refractivity contribution in [3.8, 4) is 0 Å². The van der Waals surface area contributed by atoms with E-state index >= 15 is 0 Å². The molecule has 0 aliphatic heterocycles. The molecule has 0 amide bonds. The zero-order valence-corrected chi connectivity index (χ0v) is 22.6. The molecule has 1 saturated carbocycles. The van der Waals surface area contributed by atoms with Crippen LogP contribution in [0, 0.1) is 13.8 Å². The number of pyridine rings is 1. The van der Waals surface area contributed by atoms with Crippen LogP contribution >= 0.6 is 11.3 Å². The van der Waals surface area contributed by atoms with Gasteiger partial charge in [-0.1, -0.05) is 37.5 Å². The minimum atomic E-state index is -0.466. The van der Waals surface area contributed by atoms with Gasteiger partial charge >= 0.3 is 0 Å². The third-order valence-electron chi connectivity index (χ3n) is 7.69. The van der Waals surface area contributed by atoms with Gasteiger partial charge in [-0.15, -0.1) is 16.4 Å². The molecule has 4 aromatic heterocycles. The summed E-state index contributed by atoms with van der Waals surface area (Å²) in [5.74, 6) is 1.53. The van der Waals surface area contributed by atoms with Crippen molar-refractivity contribution in [1.82, 2.24) is 30.1 Å². The number of aryl methyl sites for hydroxylation is 2. The van der Waals surface area contributed by atoms with Crippen molar-refractivity contribution >= 4 is 22.2 Å². The number of nitrogens with zero attached hydrogens (tertiary/aromatic N) is 5. The van der Waals surface area contributed by atoms with E-state index in [9.17, 15) is 4.79 Å². The Morgan fingerprint density at radius 3 is 2.71 bits per heavy atom. The number of benzene rings is 1. The molecule has 38 heavy (non-hydrogen) atoms. The SMILES string of the molecule is Cc1ccc(C)c2[nH]c(=O)c([C@H](c3nnnn3C3CCCCC3)N(Cc3ccco3)Cc3cccs3)cc12. The molecule has 1 aromatic carbocycles. The number of nitrogens with one attached hydrogen (secondary N) is 1. The number of aromatic nitrogens is 5. The van der Waals surface area contributed by atoms with Gasteiger partial charge in [0.05, 0.1) is 24.4 Å². The minimum absolute atomic E-state index is 0.120. The fourth-order valence-corrected chi connectivity index (χ4v) is 6.43. The Morgan fingerprint density at radius 2 is 1.95 bits per heavy atom. The second-order valence-electron chi connectivity index (χ2n) is 10.3. The lowest BCUT2D eigenvalue weighted by molar-refractivity contribution is 0.175. The summed E-state index contributed by atoms with van der Waals surface area (Å²) in [6.07, 6.45) is 7.34. The van der Waals surface area contributed by atoms with Crippen LogP contribution < -0.4 is 5.56 Å². The molecule has 5 aromatic rings. The normalized spacial score (nSPS) is 15.4. The van der Waals surface area contributed by atoms with Crippen LogP contribution in [0.3, 0.4) is 0 Å². The van der Waals surface area contributed by atoms with Crippen LogP contribution in [0.2, 0.25) is 0 Å². The first-order valence-electron chi connectivity index (χ1n) is 13.3. The van der Waals surface area contributed by atoms with E-state index in [4.69, 9.17) is 4.42 Å². The van der Waals surface area contributed by atoms with E-state index < -0.39 is 6.04 Å². The van der Waals surface area contributed by atoms with Crippen molar-refractivity contribution in [3.05, 3.63) is 97.6 Å². The lowest BCUT2D eigenvalue weighted by Gasteiger charge is -2.32. The van der Waals surface area contributed by atoms with Crippen molar-refractivity contribution in [1.29, 1.82) is 0 Å². The molecule has 4 heterocycles. The highest BCUT2D eigenvalue weighted by molar-refractivity contribution is 7.09. The summed E-state index contributed by atoms with van der Waals surface area (Å²) >= 11 is 1.70. The zero-order chi connectivity index (χ0) is 26.1. The maximum atomic E-state index is 13.8. The topological polar surface area (TPSA) is 92.8 Å². The van der Waals surface area contributed by atoms with Gasteiger partial charge in [0.2, 0.25) is 0 Å². The van der Waals surface area contributed by atoms with Crippen LogP contribution in [0.1, 0.15) is 77.3 Å². The summed E-state index contributed by atoms with van der Waals surface area (Å²) in [7, 11) is 0. The standard InChI is InChI=1S/C29H32N6O2S/c1-19-12-13-20(2)26-24(19)16-25(29(36)30-26)27(28-31-32-33-35(28)21-8-4-3-5-9-21)34(17-22-10-6-14-37-22)18-23-11-7-15-38-23/h6-7,10-16,21,27H,3-5,8-9,17-18H2,1-2H3,(H,30,36)/t27-/m1/s1. The lowest BCUT2D eigenvalue weighted by Crippen LogP contribution is -2.35. The van der Waals surface area contributed by atoms with Gasteiger partial charge in [0, 0.05) is 22.4 Å². The molecule has 1 aliphatic rings. The van der Waals surface area contributed by atoms with E-state index in [2.05, 4.69) is 55.9 Å². The third kappa shape index (κ3) is 4.83. The predicted octanol–water partition coefficient (Wildman–Crippen LogP) is 6.08. The highest BCUT2D eigenvalue weighted by Crippen LogP contribution is 2.35. The molecular formula is C29H32N6O2S. The van der Waals surface area contributed by atoms with E-state index in [-0.39, 0.29) is 11.6 Å². The molecule has 6 rings (SSSR count). The van der Waals surface area contributed by atoms with Gasteiger partial charge in [0.15, 0.2) is 5.82 Å². The summed E-state index contributed by atoms with van der Waals surface area (Å²) in [6, 6.07) is 14.0. The van der Waals surface area contributed by atoms with Gasteiger partial charge in [-0.3, -0.25) is 9.69 Å². The molecule has 1 N–H and O–H groups in total. The van der Waals surface area contributed by atoms with Gasteiger partial charge in [-0.25, -0.2) is 4.68 Å². The van der Waals surface area contributed by atoms with E-state index in [0.29, 0.717) is 24.5 Å². The van der Waals surface area contributed by atoms with E-state index in [1.165, 1.54) is 11.3 Å². The second kappa shape index (κ2) is 10.7. The van der Waals surface area contributed by atoms with Crippen molar-refractivity contribution in [2.75, 3.05) is 0 Å². The Bertz CT molecular complexity index is 1530. The fourth-order valence-electron chi connectivity index (χ4n) is 5.70. The number of hydrogen-bond acceptors (Lipinski definition) is 7. The number of H-pyrrole nitrogens is 1. The number of aromatic amines is 1. The predicted molar refractivity (Wildman–Crippen MR) is 148 cm³/mol. The number of fused-ring (bicyclic) bond motifs is 1.